The first-order chi connectivity index (χ1) is 10.1. The predicted octanol–water partition coefficient (Wildman–Crippen LogP) is 5.18. The first-order valence-electron chi connectivity index (χ1n) is 8.06. The van der Waals surface area contributed by atoms with Gasteiger partial charge in [-0.15, -0.1) is 11.6 Å². The molecule has 1 aliphatic rings. The fourth-order valence-electron chi connectivity index (χ4n) is 3.45. The number of pyridine rings is 1. The highest BCUT2D eigenvalue weighted by atomic mass is 35.5. The zero-order chi connectivity index (χ0) is 15.0. The van der Waals surface area contributed by atoms with Crippen LogP contribution in [0.25, 0.3) is 11.2 Å². The minimum atomic E-state index is -0.0832. The summed E-state index contributed by atoms with van der Waals surface area (Å²) in [4.78, 5) is 9.49. The number of aryl methyl sites for hydroxylation is 1. The van der Waals surface area contributed by atoms with Crippen LogP contribution in [0.1, 0.15) is 68.9 Å². The number of rotatable bonds is 2. The summed E-state index contributed by atoms with van der Waals surface area (Å²) in [5.41, 5.74) is 3.02. The van der Waals surface area contributed by atoms with Gasteiger partial charge < -0.3 is 4.57 Å². The molecule has 2 aromatic heterocycles. The standard InChI is InChI=1S/C17H24ClN3/c1-11-5-4-6-14(9-7-11)21-16(13(3)18)20-15-10-8-12(2)19-17(15)21/h8,10-11,13-14H,4-7,9H2,1-3H3. The average molecular weight is 306 g/mol. The van der Waals surface area contributed by atoms with Crippen molar-refractivity contribution in [2.45, 2.75) is 64.3 Å². The van der Waals surface area contributed by atoms with Crippen LogP contribution in [-0.2, 0) is 0 Å². The first-order valence-corrected chi connectivity index (χ1v) is 8.49. The van der Waals surface area contributed by atoms with E-state index >= 15 is 0 Å². The Morgan fingerprint density at radius 2 is 2.00 bits per heavy atom. The molecule has 21 heavy (non-hydrogen) atoms. The van der Waals surface area contributed by atoms with Crippen LogP contribution in [0.4, 0.5) is 0 Å². The Morgan fingerprint density at radius 3 is 2.76 bits per heavy atom. The van der Waals surface area contributed by atoms with Crippen LogP contribution >= 0.6 is 11.6 Å². The highest BCUT2D eigenvalue weighted by molar-refractivity contribution is 6.20. The van der Waals surface area contributed by atoms with Crippen molar-refractivity contribution >= 4 is 22.8 Å². The van der Waals surface area contributed by atoms with E-state index in [0.29, 0.717) is 6.04 Å². The van der Waals surface area contributed by atoms with Crippen LogP contribution in [0.3, 0.4) is 0 Å². The fourth-order valence-corrected chi connectivity index (χ4v) is 3.61. The van der Waals surface area contributed by atoms with Crippen LogP contribution in [0.15, 0.2) is 12.1 Å². The van der Waals surface area contributed by atoms with E-state index in [1.807, 2.05) is 19.9 Å². The molecule has 0 aromatic carbocycles. The highest BCUT2D eigenvalue weighted by Crippen LogP contribution is 2.35. The van der Waals surface area contributed by atoms with E-state index in [2.05, 4.69) is 17.6 Å². The van der Waals surface area contributed by atoms with E-state index in [0.717, 1.165) is 28.6 Å². The maximum absolute atomic E-state index is 6.40. The number of imidazole rings is 1. The van der Waals surface area contributed by atoms with Crippen LogP contribution < -0.4 is 0 Å². The lowest BCUT2D eigenvalue weighted by atomic mass is 10.0. The van der Waals surface area contributed by atoms with Gasteiger partial charge in [-0.2, -0.15) is 0 Å². The van der Waals surface area contributed by atoms with E-state index in [1.54, 1.807) is 0 Å². The van der Waals surface area contributed by atoms with Crippen molar-refractivity contribution in [1.29, 1.82) is 0 Å². The van der Waals surface area contributed by atoms with Crippen molar-refractivity contribution < 1.29 is 0 Å². The van der Waals surface area contributed by atoms with E-state index in [-0.39, 0.29) is 5.38 Å². The summed E-state index contributed by atoms with van der Waals surface area (Å²) in [7, 11) is 0. The van der Waals surface area contributed by atoms with Gasteiger partial charge in [0.05, 0.1) is 5.38 Å². The van der Waals surface area contributed by atoms with E-state index in [4.69, 9.17) is 21.6 Å². The van der Waals surface area contributed by atoms with Gasteiger partial charge in [0.15, 0.2) is 5.65 Å². The Labute approximate surface area is 131 Å². The lowest BCUT2D eigenvalue weighted by molar-refractivity contribution is 0.428. The fraction of sp³-hybridized carbons (Fsp3) is 0.647. The lowest BCUT2D eigenvalue weighted by Gasteiger charge is -2.20. The molecule has 3 nitrogen and oxygen atoms in total. The maximum Gasteiger partial charge on any atom is 0.160 e. The molecule has 1 fully saturated rings. The zero-order valence-corrected chi connectivity index (χ0v) is 13.9. The molecule has 2 heterocycles. The molecule has 3 unspecified atom stereocenters. The summed E-state index contributed by atoms with van der Waals surface area (Å²) < 4.78 is 2.33. The molecule has 0 amide bonds. The van der Waals surface area contributed by atoms with Gasteiger partial charge in [-0.05, 0) is 51.2 Å². The van der Waals surface area contributed by atoms with E-state index in [1.165, 1.54) is 32.1 Å². The SMILES string of the molecule is Cc1ccc2nc(C(C)Cl)n(C3CCCC(C)CC3)c2n1. The monoisotopic (exact) mass is 305 g/mol. The van der Waals surface area contributed by atoms with Crippen LogP contribution in [0.5, 0.6) is 0 Å². The summed E-state index contributed by atoms with van der Waals surface area (Å²) >= 11 is 6.40. The third-order valence-electron chi connectivity index (χ3n) is 4.65. The van der Waals surface area contributed by atoms with Crippen molar-refractivity contribution in [3.8, 4) is 0 Å². The molecule has 3 rings (SSSR count). The molecule has 2 aromatic rings. The molecule has 1 aliphatic carbocycles. The number of nitrogens with zero attached hydrogens (tertiary/aromatic N) is 3. The Bertz CT molecular complexity index is 632. The van der Waals surface area contributed by atoms with Gasteiger partial charge in [-0.1, -0.05) is 19.8 Å². The number of hydrogen-bond acceptors (Lipinski definition) is 2. The van der Waals surface area contributed by atoms with Gasteiger partial charge in [-0.25, -0.2) is 9.97 Å². The second-order valence-electron chi connectivity index (χ2n) is 6.52. The third-order valence-corrected chi connectivity index (χ3v) is 4.85. The summed E-state index contributed by atoms with van der Waals surface area (Å²) in [5, 5.41) is -0.0832. The Morgan fingerprint density at radius 1 is 1.19 bits per heavy atom. The molecule has 3 atom stereocenters. The van der Waals surface area contributed by atoms with Crippen molar-refractivity contribution in [2.75, 3.05) is 0 Å². The number of alkyl halides is 1. The molecule has 0 radical (unpaired) electrons. The topological polar surface area (TPSA) is 30.7 Å². The Hall–Kier alpha value is -1.09. The molecule has 0 aliphatic heterocycles. The highest BCUT2D eigenvalue weighted by Gasteiger charge is 2.24. The number of fused-ring (bicyclic) bond motifs is 1. The second-order valence-corrected chi connectivity index (χ2v) is 7.17. The average Bonchev–Trinajstić information content (AvgIpc) is 2.68. The van der Waals surface area contributed by atoms with Crippen LogP contribution in [-0.4, -0.2) is 14.5 Å². The van der Waals surface area contributed by atoms with Crippen LogP contribution in [0.2, 0.25) is 0 Å². The number of hydrogen-bond donors (Lipinski definition) is 0. The van der Waals surface area contributed by atoms with Gasteiger partial charge in [0.1, 0.15) is 11.3 Å². The quantitative estimate of drug-likeness (QED) is 0.565. The second kappa shape index (κ2) is 5.96. The van der Waals surface area contributed by atoms with E-state index in [9.17, 15) is 0 Å². The predicted molar refractivity (Wildman–Crippen MR) is 87.8 cm³/mol. The van der Waals surface area contributed by atoms with Crippen molar-refractivity contribution in [3.63, 3.8) is 0 Å². The molecule has 1 saturated carbocycles. The van der Waals surface area contributed by atoms with Gasteiger partial charge in [0.2, 0.25) is 0 Å². The van der Waals surface area contributed by atoms with Gasteiger partial charge in [0, 0.05) is 11.7 Å². The summed E-state index contributed by atoms with van der Waals surface area (Å²) in [6, 6.07) is 4.58. The van der Waals surface area contributed by atoms with Gasteiger partial charge in [-0.3, -0.25) is 0 Å². The normalized spacial score (nSPS) is 25.0. The summed E-state index contributed by atoms with van der Waals surface area (Å²) in [6.07, 6.45) is 6.32. The van der Waals surface area contributed by atoms with Crippen molar-refractivity contribution in [3.05, 3.63) is 23.7 Å². The van der Waals surface area contributed by atoms with Crippen molar-refractivity contribution in [1.82, 2.24) is 14.5 Å². The first kappa shape index (κ1) is 14.8. The Balaban J connectivity index is 2.09. The Kier molecular flexibility index (Phi) is 4.21. The van der Waals surface area contributed by atoms with E-state index < -0.39 is 0 Å². The summed E-state index contributed by atoms with van der Waals surface area (Å²) in [5.74, 6) is 1.81. The third kappa shape index (κ3) is 2.94. The molecule has 114 valence electrons. The zero-order valence-electron chi connectivity index (χ0n) is 13.1. The minimum Gasteiger partial charge on any atom is -0.308 e. The molecular formula is C17H24ClN3. The molecule has 4 heteroatoms. The molecule has 0 bridgehead atoms. The molecule has 0 saturated heterocycles. The van der Waals surface area contributed by atoms with Crippen molar-refractivity contribution in [2.24, 2.45) is 5.92 Å². The number of aromatic nitrogens is 3. The van der Waals surface area contributed by atoms with Crippen LogP contribution in [0, 0.1) is 12.8 Å². The summed E-state index contributed by atoms with van der Waals surface area (Å²) in [6.45, 7) is 6.41. The lowest BCUT2D eigenvalue weighted by Crippen LogP contribution is -2.13. The van der Waals surface area contributed by atoms with Gasteiger partial charge >= 0.3 is 0 Å². The molecular weight excluding hydrogens is 282 g/mol. The molecule has 0 spiro atoms. The maximum atomic E-state index is 6.40. The number of halogens is 1. The smallest absolute Gasteiger partial charge is 0.160 e. The largest absolute Gasteiger partial charge is 0.308 e. The van der Waals surface area contributed by atoms with Gasteiger partial charge in [0.25, 0.3) is 0 Å². The minimum absolute atomic E-state index is 0.0832. The molecule has 0 N–H and O–H groups in total.